The molecule has 4 aromatic rings. The average molecular weight is 459 g/mol. The molecule has 0 saturated heterocycles. The fourth-order valence-electron chi connectivity index (χ4n) is 3.88. The Morgan fingerprint density at radius 1 is 1.06 bits per heavy atom. The van der Waals surface area contributed by atoms with Crippen LogP contribution >= 0.6 is 0 Å². The van der Waals surface area contributed by atoms with E-state index in [0.29, 0.717) is 23.6 Å². The first-order chi connectivity index (χ1) is 16.6. The zero-order chi connectivity index (χ0) is 23.5. The third-order valence-electron chi connectivity index (χ3n) is 5.66. The maximum atomic E-state index is 13.1. The maximum Gasteiger partial charge on any atom is 0.329 e. The van der Waals surface area contributed by atoms with Crippen LogP contribution < -0.4 is 4.74 Å². The lowest BCUT2D eigenvalue weighted by molar-refractivity contribution is -0.151. The van der Waals surface area contributed by atoms with E-state index in [-0.39, 0.29) is 30.6 Å². The second-order valence-electron chi connectivity index (χ2n) is 7.75. The fraction of sp³-hybridized carbons (Fsp3) is 0.200. The molecule has 2 aromatic heterocycles. The van der Waals surface area contributed by atoms with Crippen LogP contribution in [0.25, 0.3) is 11.5 Å². The van der Waals surface area contributed by atoms with Gasteiger partial charge in [0.2, 0.25) is 5.82 Å². The number of fused-ring (bicyclic) bond motifs is 1. The zero-order valence-corrected chi connectivity index (χ0v) is 18.3. The standard InChI is InChI=1S/C25H21N3O6/c1-31-19-10-8-16(9-11-19)23-26-22(27-34-23)15-33-25(30)20-13-17-5-2-3-6-18(17)14-28(20)24(29)21-7-4-12-32-21/h2-12,20H,13-15H2,1H3/t20-/m0/s1. The highest BCUT2D eigenvalue weighted by Crippen LogP contribution is 2.26. The number of hydrogen-bond donors (Lipinski definition) is 0. The molecule has 9 nitrogen and oxygen atoms in total. The lowest BCUT2D eigenvalue weighted by atomic mass is 9.93. The van der Waals surface area contributed by atoms with Crippen LogP contribution in [0.2, 0.25) is 0 Å². The van der Waals surface area contributed by atoms with Crippen LogP contribution in [-0.4, -0.2) is 40.1 Å². The highest BCUT2D eigenvalue weighted by molar-refractivity contribution is 5.95. The Morgan fingerprint density at radius 2 is 1.85 bits per heavy atom. The van der Waals surface area contributed by atoms with Crippen LogP contribution in [0.4, 0.5) is 0 Å². The van der Waals surface area contributed by atoms with E-state index in [1.165, 1.54) is 11.2 Å². The highest BCUT2D eigenvalue weighted by Gasteiger charge is 2.37. The van der Waals surface area contributed by atoms with E-state index in [0.717, 1.165) is 11.1 Å². The minimum atomic E-state index is -0.805. The van der Waals surface area contributed by atoms with Gasteiger partial charge in [-0.3, -0.25) is 4.79 Å². The molecule has 0 unspecified atom stereocenters. The van der Waals surface area contributed by atoms with Crippen molar-refractivity contribution in [1.82, 2.24) is 15.0 Å². The molecule has 5 rings (SSSR count). The van der Waals surface area contributed by atoms with E-state index in [9.17, 15) is 9.59 Å². The lowest BCUT2D eigenvalue weighted by Crippen LogP contribution is -2.49. The van der Waals surface area contributed by atoms with Crippen molar-refractivity contribution in [1.29, 1.82) is 0 Å². The van der Waals surface area contributed by atoms with Gasteiger partial charge in [-0.1, -0.05) is 29.4 Å². The summed E-state index contributed by atoms with van der Waals surface area (Å²) in [5.41, 5.74) is 2.69. The number of hydrogen-bond acceptors (Lipinski definition) is 8. The van der Waals surface area contributed by atoms with Gasteiger partial charge in [-0.15, -0.1) is 0 Å². The summed E-state index contributed by atoms with van der Waals surface area (Å²) in [4.78, 5) is 31.9. The molecule has 172 valence electrons. The van der Waals surface area contributed by atoms with Crippen LogP contribution in [0.1, 0.15) is 27.5 Å². The monoisotopic (exact) mass is 459 g/mol. The van der Waals surface area contributed by atoms with E-state index in [2.05, 4.69) is 10.1 Å². The van der Waals surface area contributed by atoms with Gasteiger partial charge in [0.05, 0.1) is 13.4 Å². The van der Waals surface area contributed by atoms with Gasteiger partial charge in [0.1, 0.15) is 11.8 Å². The number of carbonyl (C=O) groups is 2. The van der Waals surface area contributed by atoms with Crippen molar-refractivity contribution in [2.24, 2.45) is 0 Å². The summed E-state index contributed by atoms with van der Waals surface area (Å²) in [6.45, 7) is 0.0960. The molecule has 9 heteroatoms. The Balaban J connectivity index is 1.30. The Morgan fingerprint density at radius 3 is 2.59 bits per heavy atom. The van der Waals surface area contributed by atoms with E-state index in [1.807, 2.05) is 24.3 Å². The van der Waals surface area contributed by atoms with E-state index in [4.69, 9.17) is 18.4 Å². The third kappa shape index (κ3) is 4.27. The molecule has 1 aliphatic rings. The summed E-state index contributed by atoms with van der Waals surface area (Å²) in [6, 6.07) is 17.3. The van der Waals surface area contributed by atoms with Crippen LogP contribution in [-0.2, 0) is 29.1 Å². The Labute approximate surface area is 194 Å². The van der Waals surface area contributed by atoms with Crippen molar-refractivity contribution in [3.05, 3.63) is 89.6 Å². The number of aromatic nitrogens is 2. The molecular formula is C25H21N3O6. The van der Waals surface area contributed by atoms with E-state index in [1.54, 1.807) is 43.5 Å². The number of nitrogens with zero attached hydrogens (tertiary/aromatic N) is 3. The van der Waals surface area contributed by atoms with Gasteiger partial charge in [-0.2, -0.15) is 4.98 Å². The summed E-state index contributed by atoms with van der Waals surface area (Å²) in [5.74, 6) is 0.474. The maximum absolute atomic E-state index is 13.1. The van der Waals surface area contributed by atoms with Crippen LogP contribution in [0.3, 0.4) is 0 Å². The zero-order valence-electron chi connectivity index (χ0n) is 18.3. The molecule has 0 fully saturated rings. The average Bonchev–Trinajstić information content (AvgIpc) is 3.59. The second-order valence-corrected chi connectivity index (χ2v) is 7.75. The first-order valence-corrected chi connectivity index (χ1v) is 10.7. The summed E-state index contributed by atoms with van der Waals surface area (Å²) in [5, 5.41) is 3.89. The summed E-state index contributed by atoms with van der Waals surface area (Å²) in [6.07, 6.45) is 1.76. The van der Waals surface area contributed by atoms with Crippen molar-refractivity contribution in [3.8, 4) is 17.2 Å². The predicted octanol–water partition coefficient (Wildman–Crippen LogP) is 3.65. The molecule has 34 heavy (non-hydrogen) atoms. The SMILES string of the molecule is COc1ccc(-c2nc(COC(=O)[C@@H]3Cc4ccccc4CN3C(=O)c3ccco3)no2)cc1. The van der Waals surface area contributed by atoms with Gasteiger partial charge in [0.25, 0.3) is 11.8 Å². The lowest BCUT2D eigenvalue weighted by Gasteiger charge is -2.34. The molecule has 2 aromatic carbocycles. The molecule has 1 amide bonds. The number of esters is 1. The smallest absolute Gasteiger partial charge is 0.329 e. The predicted molar refractivity (Wildman–Crippen MR) is 119 cm³/mol. The molecule has 3 heterocycles. The Bertz CT molecular complexity index is 1300. The molecule has 1 atom stereocenters. The number of rotatable bonds is 6. The van der Waals surface area contributed by atoms with Crippen LogP contribution in [0.5, 0.6) is 5.75 Å². The van der Waals surface area contributed by atoms with Crippen molar-refractivity contribution in [2.45, 2.75) is 25.6 Å². The van der Waals surface area contributed by atoms with E-state index >= 15 is 0 Å². The first-order valence-electron chi connectivity index (χ1n) is 10.7. The van der Waals surface area contributed by atoms with Gasteiger partial charge in [-0.25, -0.2) is 4.79 Å². The third-order valence-corrected chi connectivity index (χ3v) is 5.66. The Kier molecular flexibility index (Phi) is 5.82. The molecule has 0 saturated carbocycles. The van der Waals surface area contributed by atoms with Gasteiger partial charge >= 0.3 is 5.97 Å². The number of ether oxygens (including phenoxy) is 2. The highest BCUT2D eigenvalue weighted by atomic mass is 16.5. The molecule has 1 aliphatic heterocycles. The number of benzene rings is 2. The number of methoxy groups -OCH3 is 1. The van der Waals surface area contributed by atoms with Crippen molar-refractivity contribution in [2.75, 3.05) is 7.11 Å². The van der Waals surface area contributed by atoms with Crippen LogP contribution in [0, 0.1) is 0 Å². The second kappa shape index (κ2) is 9.22. The minimum absolute atomic E-state index is 0.166. The van der Waals surface area contributed by atoms with Crippen molar-refractivity contribution >= 4 is 11.9 Å². The van der Waals surface area contributed by atoms with Crippen LogP contribution in [0.15, 0.2) is 75.9 Å². The van der Waals surface area contributed by atoms with Gasteiger partial charge in [-0.05, 0) is 47.5 Å². The molecule has 0 spiro atoms. The summed E-state index contributed by atoms with van der Waals surface area (Å²) < 4.78 is 21.2. The molecule has 0 N–H and O–H groups in total. The normalized spacial score (nSPS) is 15.0. The number of amides is 1. The number of carbonyl (C=O) groups excluding carboxylic acids is 2. The van der Waals surface area contributed by atoms with Gasteiger partial charge < -0.3 is 23.3 Å². The fourth-order valence-corrected chi connectivity index (χ4v) is 3.88. The largest absolute Gasteiger partial charge is 0.497 e. The molecule has 0 radical (unpaired) electrons. The van der Waals surface area contributed by atoms with Gasteiger partial charge in [0.15, 0.2) is 12.4 Å². The summed E-state index contributed by atoms with van der Waals surface area (Å²) >= 11 is 0. The van der Waals surface area contributed by atoms with Crippen molar-refractivity contribution in [3.63, 3.8) is 0 Å². The van der Waals surface area contributed by atoms with E-state index < -0.39 is 12.0 Å². The Hall–Kier alpha value is -4.40. The van der Waals surface area contributed by atoms with Crippen molar-refractivity contribution < 1.29 is 28.0 Å². The molecular weight excluding hydrogens is 438 g/mol. The van der Waals surface area contributed by atoms with Gasteiger partial charge in [0, 0.05) is 18.5 Å². The summed E-state index contributed by atoms with van der Waals surface area (Å²) in [7, 11) is 1.59. The topological polar surface area (TPSA) is 108 Å². The molecule has 0 aliphatic carbocycles. The first kappa shape index (κ1) is 21.4. The molecule has 0 bridgehead atoms. The minimum Gasteiger partial charge on any atom is -0.497 e. The number of furan rings is 1. The quantitative estimate of drug-likeness (QED) is 0.402.